The van der Waals surface area contributed by atoms with Gasteiger partial charge >= 0.3 is 0 Å². The number of benzene rings is 3. The molecule has 0 amide bonds. The third-order valence-electron chi connectivity index (χ3n) is 7.20. The maximum absolute atomic E-state index is 6.42. The van der Waals surface area contributed by atoms with Crippen LogP contribution in [-0.4, -0.2) is 16.1 Å². The summed E-state index contributed by atoms with van der Waals surface area (Å²) in [5.41, 5.74) is 7.30. The van der Waals surface area contributed by atoms with E-state index >= 15 is 0 Å². The molecule has 3 aromatic carbocycles. The number of hydrogen-bond donors (Lipinski definition) is 0. The van der Waals surface area contributed by atoms with E-state index in [4.69, 9.17) is 9.72 Å². The molecular formula is C32H33N4O+. The Morgan fingerprint density at radius 3 is 2.59 bits per heavy atom. The third kappa shape index (κ3) is 4.46. The molecule has 2 aromatic heterocycles. The molecule has 0 atom stereocenters. The monoisotopic (exact) mass is 489 g/mol. The summed E-state index contributed by atoms with van der Waals surface area (Å²) in [5, 5.41) is 0. The van der Waals surface area contributed by atoms with Crippen LogP contribution >= 0.6 is 0 Å². The number of pyridine rings is 1. The van der Waals surface area contributed by atoms with E-state index in [0.717, 1.165) is 47.9 Å². The van der Waals surface area contributed by atoms with E-state index in [1.54, 1.807) is 0 Å². The van der Waals surface area contributed by atoms with E-state index in [0.29, 0.717) is 0 Å². The molecule has 0 radical (unpaired) electrons. The quantitative estimate of drug-likeness (QED) is 0.254. The Hall–Kier alpha value is -4.12. The molecule has 0 bridgehead atoms. The van der Waals surface area contributed by atoms with E-state index in [9.17, 15) is 0 Å². The van der Waals surface area contributed by atoms with Gasteiger partial charge in [0.15, 0.2) is 11.0 Å². The number of para-hydroxylation sites is 2. The summed E-state index contributed by atoms with van der Waals surface area (Å²) >= 11 is 0. The highest BCUT2D eigenvalue weighted by Gasteiger charge is 2.22. The lowest BCUT2D eigenvalue weighted by Crippen LogP contribution is -2.26. The van der Waals surface area contributed by atoms with Crippen molar-refractivity contribution in [3.63, 3.8) is 0 Å². The highest BCUT2D eigenvalue weighted by Crippen LogP contribution is 2.37. The summed E-state index contributed by atoms with van der Waals surface area (Å²) in [4.78, 5) is 7.08. The minimum Gasteiger partial charge on any atom is -0.457 e. The van der Waals surface area contributed by atoms with Crippen LogP contribution in [0.3, 0.4) is 0 Å². The highest BCUT2D eigenvalue weighted by atomic mass is 16.5. The van der Waals surface area contributed by atoms with Crippen LogP contribution in [0.1, 0.15) is 38.3 Å². The molecule has 5 aromatic rings. The Morgan fingerprint density at radius 2 is 1.73 bits per heavy atom. The second-order valence-electron chi connectivity index (χ2n) is 10.9. The molecule has 1 aliphatic heterocycles. The van der Waals surface area contributed by atoms with Gasteiger partial charge < -0.3 is 9.64 Å². The van der Waals surface area contributed by atoms with Gasteiger partial charge in [0.1, 0.15) is 23.0 Å². The maximum atomic E-state index is 6.42. The van der Waals surface area contributed by atoms with Crippen molar-refractivity contribution in [2.45, 2.75) is 39.0 Å². The first-order chi connectivity index (χ1) is 17.9. The number of aromatic nitrogens is 3. The largest absolute Gasteiger partial charge is 0.457 e. The molecule has 3 heterocycles. The van der Waals surface area contributed by atoms with E-state index in [1.165, 1.54) is 22.3 Å². The first-order valence-electron chi connectivity index (χ1n) is 13.0. The molecule has 0 saturated heterocycles. The summed E-state index contributed by atoms with van der Waals surface area (Å²) in [6.45, 7) is 7.68. The molecule has 0 fully saturated rings. The van der Waals surface area contributed by atoms with Gasteiger partial charge in [0.25, 0.3) is 0 Å². The number of imidazole rings is 1. The molecule has 0 unspecified atom stereocenters. The van der Waals surface area contributed by atoms with E-state index < -0.39 is 0 Å². The molecule has 5 heteroatoms. The van der Waals surface area contributed by atoms with Gasteiger partial charge in [-0.05, 0) is 71.8 Å². The normalized spacial score (nSPS) is 13.6. The van der Waals surface area contributed by atoms with E-state index in [-0.39, 0.29) is 5.41 Å². The lowest BCUT2D eigenvalue weighted by molar-refractivity contribution is -0.645. The van der Waals surface area contributed by atoms with Gasteiger partial charge in [-0.1, -0.05) is 45.0 Å². The summed E-state index contributed by atoms with van der Waals surface area (Å²) in [6.07, 6.45) is 6.22. The van der Waals surface area contributed by atoms with Crippen LogP contribution in [0.2, 0.25) is 0 Å². The van der Waals surface area contributed by atoms with Gasteiger partial charge in [0.2, 0.25) is 6.33 Å². The van der Waals surface area contributed by atoms with Crippen molar-refractivity contribution >= 4 is 22.5 Å². The molecule has 0 spiro atoms. The molecule has 0 N–H and O–H groups in total. The Labute approximate surface area is 218 Å². The summed E-state index contributed by atoms with van der Waals surface area (Å²) < 4.78 is 10.8. The van der Waals surface area contributed by atoms with Gasteiger partial charge in [-0.25, -0.2) is 9.55 Å². The Morgan fingerprint density at radius 1 is 0.892 bits per heavy atom. The van der Waals surface area contributed by atoms with Crippen LogP contribution in [0.5, 0.6) is 11.5 Å². The Bertz CT molecular complexity index is 1590. The molecule has 0 aliphatic carbocycles. The predicted molar refractivity (Wildman–Crippen MR) is 149 cm³/mol. The zero-order valence-corrected chi connectivity index (χ0v) is 22.0. The molecule has 37 heavy (non-hydrogen) atoms. The van der Waals surface area contributed by atoms with Crippen molar-refractivity contribution in [2.75, 3.05) is 11.4 Å². The number of aryl methyl sites for hydroxylation is 2. The standard InChI is InChI=1S/C32H33N4O/c1-32(2,3)24-16-17-33-31(19-24)35-18-8-9-23-14-15-27(21-30(23)35)37-26-11-7-10-25(20-26)36-22-34(4)28-12-5-6-13-29(28)36/h5-7,10-17,19-22H,8-9,18H2,1-4H3/q+1. The lowest BCUT2D eigenvalue weighted by Gasteiger charge is -2.32. The molecule has 0 saturated carbocycles. The topological polar surface area (TPSA) is 34.2 Å². The van der Waals surface area contributed by atoms with Gasteiger partial charge in [0, 0.05) is 30.6 Å². The van der Waals surface area contributed by atoms with Gasteiger partial charge in [-0.2, -0.15) is 4.57 Å². The first kappa shape index (κ1) is 23.3. The fourth-order valence-corrected chi connectivity index (χ4v) is 5.19. The number of hydrogen-bond acceptors (Lipinski definition) is 3. The van der Waals surface area contributed by atoms with Crippen molar-refractivity contribution < 1.29 is 9.30 Å². The van der Waals surface area contributed by atoms with Crippen LogP contribution < -0.4 is 14.2 Å². The number of nitrogens with zero attached hydrogens (tertiary/aromatic N) is 4. The average molecular weight is 490 g/mol. The van der Waals surface area contributed by atoms with E-state index in [1.807, 2.05) is 18.3 Å². The average Bonchev–Trinajstić information content (AvgIpc) is 3.25. The van der Waals surface area contributed by atoms with Crippen molar-refractivity contribution in [1.29, 1.82) is 0 Å². The predicted octanol–water partition coefficient (Wildman–Crippen LogP) is 7.02. The molecule has 5 nitrogen and oxygen atoms in total. The zero-order chi connectivity index (χ0) is 25.6. The fraction of sp³-hybridized carbons (Fsp3) is 0.250. The van der Waals surface area contributed by atoms with Gasteiger partial charge in [-0.3, -0.25) is 0 Å². The molecule has 186 valence electrons. The van der Waals surface area contributed by atoms with Crippen LogP contribution in [0.25, 0.3) is 16.7 Å². The summed E-state index contributed by atoms with van der Waals surface area (Å²) in [5.74, 6) is 2.64. The van der Waals surface area contributed by atoms with Crippen LogP contribution in [0.4, 0.5) is 11.5 Å². The Kier molecular flexibility index (Phi) is 5.71. The lowest BCUT2D eigenvalue weighted by atomic mass is 9.87. The van der Waals surface area contributed by atoms with Crippen LogP contribution in [0.15, 0.2) is 91.4 Å². The van der Waals surface area contributed by atoms with Crippen molar-refractivity contribution in [1.82, 2.24) is 9.55 Å². The van der Waals surface area contributed by atoms with Crippen molar-refractivity contribution in [3.05, 3.63) is 103 Å². The molecular weight excluding hydrogens is 456 g/mol. The van der Waals surface area contributed by atoms with Gasteiger partial charge in [0.05, 0.1) is 7.05 Å². The number of ether oxygens (including phenoxy) is 1. The molecule has 6 rings (SSSR count). The smallest absolute Gasteiger partial charge is 0.249 e. The Balaban J connectivity index is 1.32. The summed E-state index contributed by atoms with van der Waals surface area (Å²) in [6, 6.07) is 27.5. The number of rotatable bonds is 4. The minimum absolute atomic E-state index is 0.0778. The SMILES string of the molecule is C[n+]1cn(-c2cccc(Oc3ccc4c(c3)N(c3cc(C(C)(C)C)ccn3)CCC4)c2)c2ccccc21. The summed E-state index contributed by atoms with van der Waals surface area (Å²) in [7, 11) is 2.07. The van der Waals surface area contributed by atoms with Gasteiger partial charge in [-0.15, -0.1) is 0 Å². The molecule has 1 aliphatic rings. The second kappa shape index (κ2) is 9.07. The van der Waals surface area contributed by atoms with Crippen molar-refractivity contribution in [2.24, 2.45) is 7.05 Å². The van der Waals surface area contributed by atoms with Crippen molar-refractivity contribution in [3.8, 4) is 17.2 Å². The number of fused-ring (bicyclic) bond motifs is 2. The van der Waals surface area contributed by atoms with Crippen LogP contribution in [-0.2, 0) is 18.9 Å². The third-order valence-corrected chi connectivity index (χ3v) is 7.20. The maximum Gasteiger partial charge on any atom is 0.249 e. The number of anilines is 2. The van der Waals surface area contributed by atoms with Crippen LogP contribution in [0, 0.1) is 0 Å². The van der Waals surface area contributed by atoms with E-state index in [2.05, 4.69) is 115 Å². The second-order valence-corrected chi connectivity index (χ2v) is 10.9. The first-order valence-corrected chi connectivity index (χ1v) is 13.0. The zero-order valence-electron chi connectivity index (χ0n) is 22.0. The minimum atomic E-state index is 0.0778. The fourth-order valence-electron chi connectivity index (χ4n) is 5.19. The highest BCUT2D eigenvalue weighted by molar-refractivity contribution is 5.74.